The van der Waals surface area contributed by atoms with Gasteiger partial charge in [-0.05, 0) is 32.9 Å². The van der Waals surface area contributed by atoms with Gasteiger partial charge in [0.15, 0.2) is 11.3 Å². The minimum Gasteiger partial charge on any atom is -0.504 e. The monoisotopic (exact) mass is 246 g/mol. The van der Waals surface area contributed by atoms with Gasteiger partial charge in [0.05, 0.1) is 11.5 Å². The molecule has 3 aromatic rings. The first-order chi connectivity index (χ1) is 8.49. The lowest BCUT2D eigenvalue weighted by Gasteiger charge is -2.08. The summed E-state index contributed by atoms with van der Waals surface area (Å²) in [6, 6.07) is 3.54. The molecule has 0 amide bonds. The van der Waals surface area contributed by atoms with Gasteiger partial charge in [-0.3, -0.25) is 0 Å². The maximum atomic E-state index is 10.2. The van der Waals surface area contributed by atoms with Gasteiger partial charge in [-0.1, -0.05) is 0 Å². The van der Waals surface area contributed by atoms with E-state index >= 15 is 0 Å². The molecule has 4 heteroatoms. The van der Waals surface area contributed by atoms with E-state index in [0.29, 0.717) is 39.0 Å². The normalized spacial score (nSPS) is 13.6. The van der Waals surface area contributed by atoms with Crippen LogP contribution in [0.25, 0.3) is 21.9 Å². The summed E-state index contributed by atoms with van der Waals surface area (Å²) in [6.07, 6.45) is -0.696. The summed E-state index contributed by atoms with van der Waals surface area (Å²) >= 11 is 0. The number of fused-ring (bicyclic) bond motifs is 2. The fourth-order valence-corrected chi connectivity index (χ4v) is 2.44. The standard InChI is InChI=1S/C14H14O4/c1-6-4-9-11(8(3)15)13-10(5-7(2)17-13)12(16)14(9)18-6/h4-5,8,15-16H,1-3H3. The Bertz CT molecular complexity index is 688. The second-order valence-corrected chi connectivity index (χ2v) is 4.64. The molecule has 0 aliphatic carbocycles. The average Bonchev–Trinajstić information content (AvgIpc) is 2.81. The number of furan rings is 2. The fraction of sp³-hybridized carbons (Fsp3) is 0.286. The number of hydrogen-bond donors (Lipinski definition) is 2. The SMILES string of the molecule is Cc1cc2c(C(C)O)c3oc(C)cc3c(O)c2o1. The molecule has 94 valence electrons. The first-order valence-corrected chi connectivity index (χ1v) is 5.82. The molecule has 1 atom stereocenters. The van der Waals surface area contributed by atoms with Gasteiger partial charge in [-0.15, -0.1) is 0 Å². The van der Waals surface area contributed by atoms with Gasteiger partial charge in [-0.2, -0.15) is 0 Å². The molecule has 0 radical (unpaired) electrons. The third-order valence-corrected chi connectivity index (χ3v) is 3.13. The van der Waals surface area contributed by atoms with Crippen molar-refractivity contribution < 1.29 is 19.0 Å². The third-order valence-electron chi connectivity index (χ3n) is 3.13. The van der Waals surface area contributed by atoms with Gasteiger partial charge in [0.1, 0.15) is 17.1 Å². The topological polar surface area (TPSA) is 66.7 Å². The molecule has 0 bridgehead atoms. The number of aliphatic hydroxyl groups is 1. The zero-order valence-corrected chi connectivity index (χ0v) is 10.4. The van der Waals surface area contributed by atoms with Crippen molar-refractivity contribution in [2.45, 2.75) is 26.9 Å². The van der Waals surface area contributed by atoms with Crippen LogP contribution in [-0.2, 0) is 0 Å². The number of phenols is 1. The lowest BCUT2D eigenvalue weighted by atomic mass is 10.0. The van der Waals surface area contributed by atoms with Crippen molar-refractivity contribution in [3.8, 4) is 5.75 Å². The Labute approximate surface area is 103 Å². The molecule has 2 heterocycles. The Morgan fingerprint density at radius 2 is 1.56 bits per heavy atom. The van der Waals surface area contributed by atoms with Crippen LogP contribution >= 0.6 is 0 Å². The Hall–Kier alpha value is -1.94. The molecular formula is C14H14O4. The number of rotatable bonds is 1. The second-order valence-electron chi connectivity index (χ2n) is 4.64. The molecule has 3 rings (SSSR count). The van der Waals surface area contributed by atoms with Crippen LogP contribution in [0.5, 0.6) is 5.75 Å². The highest BCUT2D eigenvalue weighted by molar-refractivity contribution is 6.04. The smallest absolute Gasteiger partial charge is 0.177 e. The molecule has 18 heavy (non-hydrogen) atoms. The van der Waals surface area contributed by atoms with Crippen LogP contribution in [0.4, 0.5) is 0 Å². The highest BCUT2D eigenvalue weighted by Gasteiger charge is 2.22. The van der Waals surface area contributed by atoms with Crippen molar-refractivity contribution in [3.63, 3.8) is 0 Å². The maximum absolute atomic E-state index is 10.2. The van der Waals surface area contributed by atoms with E-state index in [0.717, 1.165) is 0 Å². The Kier molecular flexibility index (Phi) is 2.19. The Balaban J connectivity index is 2.60. The number of phenolic OH excluding ortho intramolecular Hbond substituents is 1. The first-order valence-electron chi connectivity index (χ1n) is 5.82. The summed E-state index contributed by atoms with van der Waals surface area (Å²) in [5.41, 5.74) is 1.58. The third kappa shape index (κ3) is 1.36. The molecule has 0 aliphatic heterocycles. The van der Waals surface area contributed by atoms with Crippen LogP contribution in [0, 0.1) is 13.8 Å². The summed E-state index contributed by atoms with van der Waals surface area (Å²) in [5, 5.41) is 21.4. The van der Waals surface area contributed by atoms with Gasteiger partial charge >= 0.3 is 0 Å². The lowest BCUT2D eigenvalue weighted by Crippen LogP contribution is -1.92. The van der Waals surface area contributed by atoms with Crippen LogP contribution < -0.4 is 0 Å². The Morgan fingerprint density at radius 1 is 1.00 bits per heavy atom. The minimum absolute atomic E-state index is 0.0642. The fourth-order valence-electron chi connectivity index (χ4n) is 2.44. The number of aryl methyl sites for hydroxylation is 2. The minimum atomic E-state index is -0.696. The highest BCUT2D eigenvalue weighted by Crippen LogP contribution is 2.42. The average molecular weight is 246 g/mol. The molecule has 0 fully saturated rings. The predicted octanol–water partition coefficient (Wildman–Crippen LogP) is 3.55. The van der Waals surface area contributed by atoms with E-state index in [4.69, 9.17) is 8.83 Å². The number of benzene rings is 1. The van der Waals surface area contributed by atoms with Crippen LogP contribution in [0.15, 0.2) is 21.0 Å². The number of aromatic hydroxyl groups is 1. The van der Waals surface area contributed by atoms with Crippen molar-refractivity contribution in [1.82, 2.24) is 0 Å². The molecule has 2 aromatic heterocycles. The molecular weight excluding hydrogens is 232 g/mol. The molecule has 1 unspecified atom stereocenters. The molecule has 2 N–H and O–H groups in total. The predicted molar refractivity (Wildman–Crippen MR) is 67.8 cm³/mol. The van der Waals surface area contributed by atoms with Crippen molar-refractivity contribution in [2.24, 2.45) is 0 Å². The van der Waals surface area contributed by atoms with Crippen LogP contribution in [0.1, 0.15) is 30.1 Å². The summed E-state index contributed by atoms with van der Waals surface area (Å²) in [7, 11) is 0. The lowest BCUT2D eigenvalue weighted by molar-refractivity contribution is 0.201. The summed E-state index contributed by atoms with van der Waals surface area (Å²) in [5.74, 6) is 1.44. The van der Waals surface area contributed by atoms with Gasteiger partial charge < -0.3 is 19.0 Å². The van der Waals surface area contributed by atoms with Gasteiger partial charge in [0.25, 0.3) is 0 Å². The van der Waals surface area contributed by atoms with E-state index < -0.39 is 6.10 Å². The van der Waals surface area contributed by atoms with E-state index in [1.807, 2.05) is 0 Å². The van der Waals surface area contributed by atoms with Crippen LogP contribution in [0.3, 0.4) is 0 Å². The van der Waals surface area contributed by atoms with Crippen LogP contribution in [-0.4, -0.2) is 10.2 Å². The molecule has 0 spiro atoms. The largest absolute Gasteiger partial charge is 0.504 e. The van der Waals surface area contributed by atoms with E-state index in [9.17, 15) is 10.2 Å². The van der Waals surface area contributed by atoms with Gasteiger partial charge in [-0.25, -0.2) is 0 Å². The molecule has 0 saturated carbocycles. The summed E-state index contributed by atoms with van der Waals surface area (Å²) in [6.45, 7) is 5.28. The Morgan fingerprint density at radius 3 is 2.17 bits per heavy atom. The van der Waals surface area contributed by atoms with Crippen LogP contribution in [0.2, 0.25) is 0 Å². The van der Waals surface area contributed by atoms with Crippen molar-refractivity contribution in [3.05, 3.63) is 29.2 Å². The molecule has 1 aromatic carbocycles. The van der Waals surface area contributed by atoms with Crippen molar-refractivity contribution >= 4 is 21.9 Å². The zero-order valence-electron chi connectivity index (χ0n) is 10.4. The highest BCUT2D eigenvalue weighted by atomic mass is 16.4. The van der Waals surface area contributed by atoms with Gasteiger partial charge in [0, 0.05) is 10.9 Å². The number of aliphatic hydroxyl groups excluding tert-OH is 1. The zero-order chi connectivity index (χ0) is 13.0. The van der Waals surface area contributed by atoms with Crippen molar-refractivity contribution in [2.75, 3.05) is 0 Å². The molecule has 4 nitrogen and oxygen atoms in total. The van der Waals surface area contributed by atoms with E-state index in [1.165, 1.54) is 0 Å². The first kappa shape index (κ1) is 11.2. The van der Waals surface area contributed by atoms with E-state index in [2.05, 4.69) is 0 Å². The van der Waals surface area contributed by atoms with Crippen molar-refractivity contribution in [1.29, 1.82) is 0 Å². The second kappa shape index (κ2) is 3.53. The maximum Gasteiger partial charge on any atom is 0.177 e. The summed E-state index contributed by atoms with van der Waals surface area (Å²) in [4.78, 5) is 0. The van der Waals surface area contributed by atoms with E-state index in [-0.39, 0.29) is 5.75 Å². The molecule has 0 aliphatic rings. The number of hydrogen-bond acceptors (Lipinski definition) is 4. The van der Waals surface area contributed by atoms with E-state index in [1.54, 1.807) is 32.9 Å². The molecule has 0 saturated heterocycles. The summed E-state index contributed by atoms with van der Waals surface area (Å²) < 4.78 is 11.1. The van der Waals surface area contributed by atoms with Gasteiger partial charge in [0.2, 0.25) is 0 Å². The quantitative estimate of drug-likeness (QED) is 0.689.